The number of halogens is 2. The van der Waals surface area contributed by atoms with E-state index in [9.17, 15) is 4.79 Å². The molecule has 6 heteroatoms. The maximum Gasteiger partial charge on any atom is 0.265 e. The number of hydrogen-bond donors (Lipinski definition) is 2. The molecule has 0 aliphatic rings. The van der Waals surface area contributed by atoms with E-state index in [0.717, 1.165) is 20.2 Å². The maximum absolute atomic E-state index is 12.1. The fourth-order valence-electron chi connectivity index (χ4n) is 1.65. The standard InChI is InChI=1S/C13H12Br2N2OS/c1-2-7-3-4-8(5-10(7)16)17-13(18)11-6-9(14)12(15)19-11/h3-6H,2,16H2,1H3,(H,17,18). The lowest BCUT2D eigenvalue weighted by Gasteiger charge is -2.07. The van der Waals surface area contributed by atoms with Gasteiger partial charge >= 0.3 is 0 Å². The van der Waals surface area contributed by atoms with Gasteiger partial charge < -0.3 is 11.1 Å². The molecule has 0 saturated heterocycles. The fraction of sp³-hybridized carbons (Fsp3) is 0.154. The van der Waals surface area contributed by atoms with Crippen LogP contribution in [0.4, 0.5) is 11.4 Å². The molecule has 2 rings (SSSR count). The van der Waals surface area contributed by atoms with E-state index >= 15 is 0 Å². The van der Waals surface area contributed by atoms with Gasteiger partial charge in [-0.2, -0.15) is 0 Å². The second-order valence-corrected chi connectivity index (χ2v) is 7.18. The van der Waals surface area contributed by atoms with Gasteiger partial charge in [0.1, 0.15) is 0 Å². The van der Waals surface area contributed by atoms with Crippen LogP contribution in [0.5, 0.6) is 0 Å². The number of anilines is 2. The number of aryl methyl sites for hydroxylation is 1. The molecule has 19 heavy (non-hydrogen) atoms. The molecule has 3 nitrogen and oxygen atoms in total. The predicted molar refractivity (Wildman–Crippen MR) is 87.9 cm³/mol. The molecule has 0 radical (unpaired) electrons. The van der Waals surface area contributed by atoms with Crippen LogP contribution in [0.15, 0.2) is 32.5 Å². The summed E-state index contributed by atoms with van der Waals surface area (Å²) in [6, 6.07) is 7.37. The summed E-state index contributed by atoms with van der Waals surface area (Å²) in [5.41, 5.74) is 8.41. The first-order valence-corrected chi connectivity index (χ1v) is 8.06. The molecule has 1 aromatic carbocycles. The van der Waals surface area contributed by atoms with Gasteiger partial charge in [0.15, 0.2) is 0 Å². The molecule has 1 aromatic heterocycles. The van der Waals surface area contributed by atoms with Crippen molar-refractivity contribution in [3.05, 3.63) is 43.0 Å². The predicted octanol–water partition coefficient (Wildman–Crippen LogP) is 4.67. The number of carbonyl (C=O) groups is 1. The Labute approximate surface area is 132 Å². The smallest absolute Gasteiger partial charge is 0.265 e. The molecule has 1 heterocycles. The van der Waals surface area contributed by atoms with Crippen LogP contribution in [0.1, 0.15) is 22.2 Å². The summed E-state index contributed by atoms with van der Waals surface area (Å²) in [4.78, 5) is 12.7. The van der Waals surface area contributed by atoms with Crippen LogP contribution in [0, 0.1) is 0 Å². The average molecular weight is 404 g/mol. The minimum atomic E-state index is -0.139. The van der Waals surface area contributed by atoms with Crippen molar-refractivity contribution in [3.63, 3.8) is 0 Å². The summed E-state index contributed by atoms with van der Waals surface area (Å²) in [5, 5.41) is 2.84. The first-order valence-electron chi connectivity index (χ1n) is 5.66. The Morgan fingerprint density at radius 1 is 1.37 bits per heavy atom. The van der Waals surface area contributed by atoms with Crippen LogP contribution >= 0.6 is 43.2 Å². The normalized spacial score (nSPS) is 10.5. The zero-order valence-corrected chi connectivity index (χ0v) is 14.2. The summed E-state index contributed by atoms with van der Waals surface area (Å²) in [6.45, 7) is 2.05. The number of nitrogen functional groups attached to an aromatic ring is 1. The molecule has 0 aliphatic heterocycles. The Balaban J connectivity index is 2.17. The number of nitrogens with one attached hydrogen (secondary N) is 1. The van der Waals surface area contributed by atoms with Crippen molar-refractivity contribution in [2.75, 3.05) is 11.1 Å². The monoisotopic (exact) mass is 402 g/mol. The zero-order valence-electron chi connectivity index (χ0n) is 10.2. The Bertz CT molecular complexity index is 606. The number of rotatable bonds is 3. The maximum atomic E-state index is 12.1. The highest BCUT2D eigenvalue weighted by Gasteiger charge is 2.12. The second-order valence-electron chi connectivity index (χ2n) is 3.95. The van der Waals surface area contributed by atoms with E-state index in [4.69, 9.17) is 5.73 Å². The molecule has 0 atom stereocenters. The number of nitrogens with two attached hydrogens (primary N) is 1. The van der Waals surface area contributed by atoms with Gasteiger partial charge in [-0.25, -0.2) is 0 Å². The van der Waals surface area contributed by atoms with Gasteiger partial charge in [-0.3, -0.25) is 4.79 Å². The van der Waals surface area contributed by atoms with Gasteiger partial charge in [-0.15, -0.1) is 11.3 Å². The van der Waals surface area contributed by atoms with Gasteiger partial charge in [0, 0.05) is 15.8 Å². The molecule has 100 valence electrons. The molecule has 0 fully saturated rings. The SMILES string of the molecule is CCc1ccc(NC(=O)c2cc(Br)c(Br)s2)cc1N. The van der Waals surface area contributed by atoms with E-state index < -0.39 is 0 Å². The highest BCUT2D eigenvalue weighted by Crippen LogP contribution is 2.32. The van der Waals surface area contributed by atoms with Crippen molar-refractivity contribution in [2.24, 2.45) is 0 Å². The number of benzene rings is 1. The van der Waals surface area contributed by atoms with Gasteiger partial charge in [0.2, 0.25) is 0 Å². The second kappa shape index (κ2) is 6.07. The largest absolute Gasteiger partial charge is 0.398 e. The van der Waals surface area contributed by atoms with E-state index in [1.807, 2.05) is 19.1 Å². The first-order chi connectivity index (χ1) is 9.01. The van der Waals surface area contributed by atoms with Crippen LogP contribution in [0.2, 0.25) is 0 Å². The van der Waals surface area contributed by atoms with E-state index in [1.54, 1.807) is 12.1 Å². The summed E-state index contributed by atoms with van der Waals surface area (Å²) >= 11 is 8.12. The molecule has 0 spiro atoms. The molecule has 0 bridgehead atoms. The van der Waals surface area contributed by atoms with Gasteiger partial charge in [0.25, 0.3) is 5.91 Å². The summed E-state index contributed by atoms with van der Waals surface area (Å²) in [5.74, 6) is -0.139. The average Bonchev–Trinajstić information content (AvgIpc) is 2.70. The minimum absolute atomic E-state index is 0.139. The van der Waals surface area contributed by atoms with Crippen molar-refractivity contribution in [1.29, 1.82) is 0 Å². The van der Waals surface area contributed by atoms with E-state index in [2.05, 4.69) is 37.2 Å². The first kappa shape index (κ1) is 14.6. The summed E-state index contributed by atoms with van der Waals surface area (Å²) < 4.78 is 1.78. The topological polar surface area (TPSA) is 55.1 Å². The molecular formula is C13H12Br2N2OS. The molecule has 2 aromatic rings. The van der Waals surface area contributed by atoms with Crippen LogP contribution in [-0.2, 0) is 6.42 Å². The van der Waals surface area contributed by atoms with Gasteiger partial charge in [-0.1, -0.05) is 13.0 Å². The molecule has 0 aliphatic carbocycles. The molecule has 3 N–H and O–H groups in total. The van der Waals surface area contributed by atoms with Crippen molar-refractivity contribution in [2.45, 2.75) is 13.3 Å². The third-order valence-corrected chi connectivity index (χ3v) is 5.91. The van der Waals surface area contributed by atoms with Crippen LogP contribution < -0.4 is 11.1 Å². The number of hydrogen-bond acceptors (Lipinski definition) is 3. The minimum Gasteiger partial charge on any atom is -0.398 e. The van der Waals surface area contributed by atoms with Crippen molar-refractivity contribution in [1.82, 2.24) is 0 Å². The lowest BCUT2D eigenvalue weighted by atomic mass is 10.1. The van der Waals surface area contributed by atoms with Gasteiger partial charge in [-0.05, 0) is 62.0 Å². The molecular weight excluding hydrogens is 392 g/mol. The van der Waals surface area contributed by atoms with E-state index in [1.165, 1.54) is 11.3 Å². The Morgan fingerprint density at radius 3 is 2.63 bits per heavy atom. The van der Waals surface area contributed by atoms with Crippen molar-refractivity contribution >= 4 is 60.5 Å². The highest BCUT2D eigenvalue weighted by atomic mass is 79.9. The Kier molecular flexibility index (Phi) is 4.65. The van der Waals surface area contributed by atoms with Crippen molar-refractivity contribution < 1.29 is 4.79 Å². The molecule has 0 unspecified atom stereocenters. The molecule has 0 saturated carbocycles. The third-order valence-electron chi connectivity index (χ3n) is 2.65. The lowest BCUT2D eigenvalue weighted by molar-refractivity contribution is 0.103. The van der Waals surface area contributed by atoms with Crippen LogP contribution in [0.3, 0.4) is 0 Å². The molecule has 1 amide bonds. The van der Waals surface area contributed by atoms with Crippen molar-refractivity contribution in [3.8, 4) is 0 Å². The number of carbonyl (C=O) groups excluding carboxylic acids is 1. The zero-order chi connectivity index (χ0) is 14.0. The van der Waals surface area contributed by atoms with E-state index in [-0.39, 0.29) is 5.91 Å². The lowest BCUT2D eigenvalue weighted by Crippen LogP contribution is -2.10. The Hall–Kier alpha value is -0.850. The van der Waals surface area contributed by atoms with Crippen LogP contribution in [-0.4, -0.2) is 5.91 Å². The number of thiophene rings is 1. The summed E-state index contributed by atoms with van der Waals surface area (Å²) in [7, 11) is 0. The summed E-state index contributed by atoms with van der Waals surface area (Å²) in [6.07, 6.45) is 0.880. The van der Waals surface area contributed by atoms with Crippen LogP contribution in [0.25, 0.3) is 0 Å². The number of amides is 1. The Morgan fingerprint density at radius 2 is 2.11 bits per heavy atom. The highest BCUT2D eigenvalue weighted by molar-refractivity contribution is 9.13. The van der Waals surface area contributed by atoms with E-state index in [0.29, 0.717) is 16.3 Å². The van der Waals surface area contributed by atoms with Gasteiger partial charge in [0.05, 0.1) is 8.66 Å². The quantitative estimate of drug-likeness (QED) is 0.731. The fourth-order valence-corrected chi connectivity index (χ4v) is 3.58. The third kappa shape index (κ3) is 3.38.